The van der Waals surface area contributed by atoms with Crippen LogP contribution in [-0.4, -0.2) is 188 Å². The van der Waals surface area contributed by atoms with Crippen LogP contribution in [0.2, 0.25) is 0 Å². The third kappa shape index (κ3) is 24.9. The van der Waals surface area contributed by atoms with E-state index in [1.54, 1.807) is 0 Å². The van der Waals surface area contributed by atoms with Gasteiger partial charge in [-0.25, -0.2) is 0 Å². The Morgan fingerprint density at radius 3 is 1.67 bits per heavy atom. The van der Waals surface area contributed by atoms with E-state index in [2.05, 4.69) is 65.4 Å². The summed E-state index contributed by atoms with van der Waals surface area (Å²) in [6, 6.07) is -11.8. The summed E-state index contributed by atoms with van der Waals surface area (Å²) in [5.74, 6) is -9.77. The van der Waals surface area contributed by atoms with Gasteiger partial charge in [-0.1, -0.05) is 32.6 Å². The van der Waals surface area contributed by atoms with Gasteiger partial charge >= 0.3 is 0 Å². The summed E-state index contributed by atoms with van der Waals surface area (Å²) in [5, 5.41) is 47.8. The molecule has 11 amide bonds. The second kappa shape index (κ2) is 35.9. The zero-order valence-electron chi connectivity index (χ0n) is 42.2. The summed E-state index contributed by atoms with van der Waals surface area (Å²) in [6.07, 6.45) is 0.281. The highest BCUT2D eigenvalue weighted by Gasteiger charge is 2.36. The van der Waals surface area contributed by atoms with Crippen LogP contribution in [0.25, 0.3) is 0 Å². The summed E-state index contributed by atoms with van der Waals surface area (Å²) in [7, 11) is 0. The van der Waals surface area contributed by atoms with Crippen molar-refractivity contribution in [1.29, 1.82) is 0 Å². The maximum Gasteiger partial charge on any atom is 0.245 e. The fourth-order valence-electron chi connectivity index (χ4n) is 7.23. The van der Waals surface area contributed by atoms with Crippen molar-refractivity contribution >= 4 is 65.0 Å². The van der Waals surface area contributed by atoms with Gasteiger partial charge in [-0.3, -0.25) is 52.7 Å². The molecular weight excluding hydrogens is 961 g/mol. The average Bonchev–Trinajstić information content (AvgIpc) is 3.33. The smallest absolute Gasteiger partial charge is 0.245 e. The third-order valence-corrected chi connectivity index (χ3v) is 11.3. The summed E-state index contributed by atoms with van der Waals surface area (Å²) in [5.41, 5.74) is 28.6. The van der Waals surface area contributed by atoms with E-state index in [4.69, 9.17) is 28.7 Å². The molecule has 3 unspecified atom stereocenters. The second-order valence-electron chi connectivity index (χ2n) is 17.6. The molecule has 416 valence electrons. The van der Waals surface area contributed by atoms with E-state index in [0.29, 0.717) is 6.42 Å². The fourth-order valence-corrected chi connectivity index (χ4v) is 7.23. The second-order valence-corrected chi connectivity index (χ2v) is 17.6. The summed E-state index contributed by atoms with van der Waals surface area (Å²) in [6.45, 7) is 2.01. The normalized spacial score (nSPS) is 22.2. The number of aliphatic hydroxyl groups is 2. The number of carbonyl (C=O) groups excluding carboxylic acids is 11. The Bertz CT molecular complexity index is 1830. The van der Waals surface area contributed by atoms with Crippen molar-refractivity contribution < 1.29 is 63.0 Å². The van der Waals surface area contributed by atoms with E-state index in [0.717, 1.165) is 25.7 Å². The summed E-state index contributed by atoms with van der Waals surface area (Å²) < 4.78 is 0. The number of nitrogens with two attached hydrogens (primary N) is 5. The minimum Gasteiger partial charge on any atom is -0.391 e. The molecule has 1 fully saturated rings. The van der Waals surface area contributed by atoms with Crippen LogP contribution >= 0.6 is 0 Å². The van der Waals surface area contributed by atoms with Gasteiger partial charge in [0.15, 0.2) is 0 Å². The monoisotopic (exact) mass is 1040 g/mol. The lowest BCUT2D eigenvalue weighted by atomic mass is 10.1. The first-order valence-corrected chi connectivity index (χ1v) is 24.8. The molecule has 10 atom stereocenters. The molecule has 29 nitrogen and oxygen atoms in total. The molecule has 29 heteroatoms. The maximum absolute atomic E-state index is 14.0. The number of amides is 11. The first kappa shape index (κ1) is 64.9. The van der Waals surface area contributed by atoms with Crippen molar-refractivity contribution in [2.24, 2.45) is 28.7 Å². The topological polar surface area (TPSA) is 491 Å². The molecule has 0 radical (unpaired) electrons. The minimum absolute atomic E-state index is 0.00752. The average molecular weight is 1040 g/mol. The molecule has 0 aromatic heterocycles. The molecule has 1 aliphatic heterocycles. The zero-order chi connectivity index (χ0) is 55.0. The highest BCUT2D eigenvalue weighted by atomic mass is 16.3. The number of hydrogen-bond acceptors (Lipinski definition) is 18. The number of unbranched alkanes of at least 4 members (excludes halogenated alkanes) is 4. The third-order valence-electron chi connectivity index (χ3n) is 11.3. The molecular formula is C44H82N16O13. The predicted octanol–water partition coefficient (Wildman–Crippen LogP) is -8.52. The van der Waals surface area contributed by atoms with Gasteiger partial charge in [0.05, 0.1) is 25.3 Å². The van der Waals surface area contributed by atoms with Gasteiger partial charge in [0.1, 0.15) is 48.3 Å². The van der Waals surface area contributed by atoms with Crippen LogP contribution in [0.15, 0.2) is 0 Å². The van der Waals surface area contributed by atoms with Crippen molar-refractivity contribution in [3.05, 3.63) is 0 Å². The Morgan fingerprint density at radius 2 is 1.11 bits per heavy atom. The molecule has 1 saturated heterocycles. The lowest BCUT2D eigenvalue weighted by Gasteiger charge is -2.28. The molecule has 0 aliphatic carbocycles. The molecule has 0 aromatic carbocycles. The number of hydrogen-bond donors (Lipinski definition) is 18. The molecule has 0 saturated carbocycles. The lowest BCUT2D eigenvalue weighted by Crippen LogP contribution is -2.61. The molecule has 1 rings (SSSR count). The van der Waals surface area contributed by atoms with Crippen LogP contribution in [0, 0.1) is 0 Å². The predicted molar refractivity (Wildman–Crippen MR) is 264 cm³/mol. The van der Waals surface area contributed by atoms with Crippen molar-refractivity contribution in [2.45, 2.75) is 158 Å². The van der Waals surface area contributed by atoms with Crippen LogP contribution in [0.1, 0.15) is 97.8 Å². The highest BCUT2D eigenvalue weighted by molar-refractivity contribution is 5.98. The Kier molecular flexibility index (Phi) is 31.9. The van der Waals surface area contributed by atoms with E-state index in [9.17, 15) is 63.0 Å². The van der Waals surface area contributed by atoms with Gasteiger partial charge in [0.25, 0.3) is 0 Å². The van der Waals surface area contributed by atoms with Gasteiger partial charge < -0.3 is 97.4 Å². The SMILES string of the molecule is CCCCCCCC(=O)N[C@@H](CCN)C(=O)N[C@H](C(=O)N[C@@H](CCN)C(=O)NC1CCNC(=O)C([C@@H](C)O)NC(=O)[C@H](CCN)NC(=O)[C@H](CCN)NC(=O)CNC(=O)CNC(=O)C(CCN)NC1=O)[C@@H](C)O. The fraction of sp³-hybridized carbons (Fsp3) is 0.750. The van der Waals surface area contributed by atoms with Crippen LogP contribution in [0.3, 0.4) is 0 Å². The molecule has 0 bridgehead atoms. The number of carbonyl (C=O) groups is 11. The Balaban J connectivity index is 3.53. The van der Waals surface area contributed by atoms with Crippen LogP contribution in [-0.2, 0) is 52.7 Å². The van der Waals surface area contributed by atoms with Gasteiger partial charge in [-0.15, -0.1) is 0 Å². The van der Waals surface area contributed by atoms with Gasteiger partial charge in [0.2, 0.25) is 65.0 Å². The highest BCUT2D eigenvalue weighted by Crippen LogP contribution is 2.08. The van der Waals surface area contributed by atoms with Crippen molar-refractivity contribution in [1.82, 2.24) is 58.5 Å². The Hall–Kier alpha value is -6.11. The number of nitrogens with one attached hydrogen (secondary N) is 11. The zero-order valence-corrected chi connectivity index (χ0v) is 42.2. The van der Waals surface area contributed by atoms with E-state index < -0.39 is 152 Å². The lowest BCUT2D eigenvalue weighted by molar-refractivity contribution is -0.136. The quantitative estimate of drug-likeness (QED) is 0.0378. The maximum atomic E-state index is 14.0. The molecule has 73 heavy (non-hydrogen) atoms. The number of rotatable bonds is 25. The van der Waals surface area contributed by atoms with Crippen molar-refractivity contribution in [2.75, 3.05) is 52.4 Å². The van der Waals surface area contributed by atoms with E-state index >= 15 is 0 Å². The summed E-state index contributed by atoms with van der Waals surface area (Å²) in [4.78, 5) is 147. The van der Waals surface area contributed by atoms with Crippen molar-refractivity contribution in [3.63, 3.8) is 0 Å². The first-order valence-electron chi connectivity index (χ1n) is 24.8. The van der Waals surface area contributed by atoms with Crippen LogP contribution < -0.4 is 87.2 Å². The molecule has 23 N–H and O–H groups in total. The Labute approximate surface area is 425 Å². The summed E-state index contributed by atoms with van der Waals surface area (Å²) >= 11 is 0. The van der Waals surface area contributed by atoms with Crippen LogP contribution in [0.5, 0.6) is 0 Å². The van der Waals surface area contributed by atoms with Crippen molar-refractivity contribution in [3.8, 4) is 0 Å². The van der Waals surface area contributed by atoms with Gasteiger partial charge in [-0.2, -0.15) is 0 Å². The van der Waals surface area contributed by atoms with Gasteiger partial charge in [0, 0.05) is 13.0 Å². The molecule has 0 aromatic rings. The van der Waals surface area contributed by atoms with E-state index in [1.807, 2.05) is 0 Å². The minimum atomic E-state index is -1.68. The number of aliphatic hydroxyl groups excluding tert-OH is 2. The Morgan fingerprint density at radius 1 is 0.575 bits per heavy atom. The van der Waals surface area contributed by atoms with E-state index in [1.165, 1.54) is 13.8 Å². The van der Waals surface area contributed by atoms with Gasteiger partial charge in [-0.05, 0) is 91.5 Å². The molecule has 1 heterocycles. The first-order chi connectivity index (χ1) is 34.7. The molecule has 1 aliphatic rings. The van der Waals surface area contributed by atoms with E-state index in [-0.39, 0.29) is 71.2 Å². The molecule has 0 spiro atoms. The van der Waals surface area contributed by atoms with Crippen LogP contribution in [0.4, 0.5) is 0 Å². The standard InChI is InChI=1S/C44H82N16O13/c1-4-5-6-7-8-9-32(63)53-28(12-18-47)41(70)60-36(25(3)62)44(73)58-29(13-19-48)39(68)57-31-15-21-50-43(72)35(24(2)61)59-42(71)30(14-20-49)56-38(67)27(11-17-46)54-34(65)23-51-33(64)22-52-37(66)26(10-16-45)55-40(31)69/h24-31,35-36,61-62H,4-23,45-49H2,1-3H3,(H,50,72)(H,51,64)(H,52,66)(H,53,63)(H,54,65)(H,55,69)(H,56,67)(H,57,68)(H,58,73)(H,59,71)(H,60,70)/t24-,25-,26?,27+,28+,29+,30+,31?,35?,36+/m1/s1. The largest absolute Gasteiger partial charge is 0.391 e.